The first-order valence-corrected chi connectivity index (χ1v) is 9.98. The van der Waals surface area contributed by atoms with Gasteiger partial charge in [0.15, 0.2) is 0 Å². The highest BCUT2D eigenvalue weighted by atomic mass is 16.1. The summed E-state index contributed by atoms with van der Waals surface area (Å²) in [6, 6.07) is 7.06. The first kappa shape index (κ1) is 15.4. The molecule has 4 nitrogen and oxygen atoms in total. The van der Waals surface area contributed by atoms with Crippen molar-refractivity contribution in [2.45, 2.75) is 63.5 Å². The lowest BCUT2D eigenvalue weighted by Gasteiger charge is -2.32. The van der Waals surface area contributed by atoms with Crippen LogP contribution in [0.4, 0.5) is 0 Å². The number of aromatic nitrogens is 1. The van der Waals surface area contributed by atoms with Crippen LogP contribution in [0.2, 0.25) is 0 Å². The van der Waals surface area contributed by atoms with E-state index in [9.17, 15) is 4.79 Å². The fourth-order valence-electron chi connectivity index (χ4n) is 5.28. The van der Waals surface area contributed by atoms with Gasteiger partial charge in [-0.05, 0) is 63.1 Å². The summed E-state index contributed by atoms with van der Waals surface area (Å²) >= 11 is 0. The predicted octanol–water partition coefficient (Wildman–Crippen LogP) is 3.40. The van der Waals surface area contributed by atoms with Gasteiger partial charge in [-0.1, -0.05) is 18.6 Å². The summed E-state index contributed by atoms with van der Waals surface area (Å²) in [5.74, 6) is 0.0987. The Morgan fingerprint density at radius 2 is 2.00 bits per heavy atom. The minimum Gasteiger partial charge on any atom is -0.358 e. The lowest BCUT2D eigenvalue weighted by Crippen LogP contribution is -2.46. The Hall–Kier alpha value is -1.81. The number of carbonyl (C=O) groups is 1. The molecule has 1 aliphatic carbocycles. The summed E-state index contributed by atoms with van der Waals surface area (Å²) in [5.41, 5.74) is 4.66. The molecule has 1 amide bonds. The zero-order valence-electron chi connectivity index (χ0n) is 14.8. The van der Waals surface area contributed by atoms with E-state index in [1.54, 1.807) is 0 Å². The van der Waals surface area contributed by atoms with Crippen LogP contribution in [0.25, 0.3) is 10.9 Å². The van der Waals surface area contributed by atoms with Crippen molar-refractivity contribution in [1.82, 2.24) is 15.2 Å². The number of benzene rings is 1. The van der Waals surface area contributed by atoms with Gasteiger partial charge in [0.1, 0.15) is 0 Å². The Labute approximate surface area is 149 Å². The molecule has 3 aliphatic rings. The average Bonchev–Trinajstić information content (AvgIpc) is 3.23. The molecule has 2 aliphatic heterocycles. The lowest BCUT2D eigenvalue weighted by atomic mass is 9.95. The van der Waals surface area contributed by atoms with Gasteiger partial charge in [0.2, 0.25) is 0 Å². The van der Waals surface area contributed by atoms with E-state index in [1.165, 1.54) is 55.3 Å². The van der Waals surface area contributed by atoms with Crippen LogP contribution in [0, 0.1) is 0 Å². The number of amides is 1. The van der Waals surface area contributed by atoms with Gasteiger partial charge in [0.05, 0.1) is 11.1 Å². The molecule has 1 aromatic carbocycles. The number of hydrogen-bond acceptors (Lipinski definition) is 2. The molecule has 4 heteroatoms. The smallest absolute Gasteiger partial charge is 0.253 e. The third-order valence-corrected chi connectivity index (χ3v) is 6.55. The Morgan fingerprint density at radius 3 is 2.96 bits per heavy atom. The SMILES string of the molecule is O=C(NC1CCN2CCCCC12)c1cccc2c3c([nH]c12)CCCC3. The quantitative estimate of drug-likeness (QED) is 0.882. The van der Waals surface area contributed by atoms with Crippen LogP contribution in [0.1, 0.15) is 60.1 Å². The largest absolute Gasteiger partial charge is 0.358 e. The number of nitrogens with zero attached hydrogens (tertiary/aromatic N) is 1. The molecule has 25 heavy (non-hydrogen) atoms. The van der Waals surface area contributed by atoms with Crippen molar-refractivity contribution >= 4 is 16.8 Å². The number of fused-ring (bicyclic) bond motifs is 4. The zero-order valence-corrected chi connectivity index (χ0v) is 14.8. The van der Waals surface area contributed by atoms with Gasteiger partial charge in [-0.25, -0.2) is 0 Å². The molecule has 1 aromatic heterocycles. The summed E-state index contributed by atoms with van der Waals surface area (Å²) in [5, 5.41) is 4.62. The lowest BCUT2D eigenvalue weighted by molar-refractivity contribution is 0.0917. The molecule has 0 radical (unpaired) electrons. The molecule has 2 saturated heterocycles. The van der Waals surface area contributed by atoms with Crippen molar-refractivity contribution in [2.24, 2.45) is 0 Å². The second-order valence-corrected chi connectivity index (χ2v) is 7.99. The summed E-state index contributed by atoms with van der Waals surface area (Å²) in [6.45, 7) is 2.34. The predicted molar refractivity (Wildman–Crippen MR) is 100 cm³/mol. The maximum absolute atomic E-state index is 13.1. The number of para-hydroxylation sites is 1. The van der Waals surface area contributed by atoms with Gasteiger partial charge in [-0.2, -0.15) is 0 Å². The molecular formula is C21H27N3O. The van der Waals surface area contributed by atoms with Gasteiger partial charge in [0.25, 0.3) is 5.91 Å². The standard InChI is InChI=1S/C21H27N3O/c25-21(23-18-11-13-24-12-4-3-10-19(18)24)16-8-5-7-15-14-6-1-2-9-17(14)22-20(15)16/h5,7-8,18-19,22H,1-4,6,9-13H2,(H,23,25). The first-order valence-electron chi connectivity index (χ1n) is 9.98. The van der Waals surface area contributed by atoms with Crippen molar-refractivity contribution < 1.29 is 4.79 Å². The van der Waals surface area contributed by atoms with Gasteiger partial charge in [0, 0.05) is 29.7 Å². The molecular weight excluding hydrogens is 310 g/mol. The topological polar surface area (TPSA) is 48.1 Å². The molecule has 0 saturated carbocycles. The van der Waals surface area contributed by atoms with Crippen LogP contribution < -0.4 is 5.32 Å². The number of piperidine rings is 1. The highest BCUT2D eigenvalue weighted by Gasteiger charge is 2.36. The third-order valence-electron chi connectivity index (χ3n) is 6.55. The molecule has 2 fully saturated rings. The average molecular weight is 337 g/mol. The number of aryl methyl sites for hydroxylation is 2. The second kappa shape index (κ2) is 6.17. The van der Waals surface area contributed by atoms with Gasteiger partial charge in [-0.15, -0.1) is 0 Å². The van der Waals surface area contributed by atoms with Crippen molar-refractivity contribution in [1.29, 1.82) is 0 Å². The minimum absolute atomic E-state index is 0.0987. The van der Waals surface area contributed by atoms with Crippen LogP contribution >= 0.6 is 0 Å². The summed E-state index contributed by atoms with van der Waals surface area (Å²) in [6.07, 6.45) is 9.69. The Bertz CT molecular complexity index is 809. The number of rotatable bonds is 2. The van der Waals surface area contributed by atoms with Crippen LogP contribution in [-0.2, 0) is 12.8 Å². The molecule has 2 aromatic rings. The Balaban J connectivity index is 1.43. The molecule has 132 valence electrons. The fourth-order valence-corrected chi connectivity index (χ4v) is 5.28. The second-order valence-electron chi connectivity index (χ2n) is 7.99. The van der Waals surface area contributed by atoms with Gasteiger partial charge in [-0.3, -0.25) is 9.69 Å². The molecule has 3 heterocycles. The molecule has 5 rings (SSSR count). The number of H-pyrrole nitrogens is 1. The Morgan fingerprint density at radius 1 is 1.08 bits per heavy atom. The number of hydrogen-bond donors (Lipinski definition) is 2. The van der Waals surface area contributed by atoms with Crippen LogP contribution in [0.5, 0.6) is 0 Å². The molecule has 2 atom stereocenters. The van der Waals surface area contributed by atoms with E-state index < -0.39 is 0 Å². The number of carbonyl (C=O) groups excluding carboxylic acids is 1. The van der Waals surface area contributed by atoms with E-state index in [0.717, 1.165) is 36.9 Å². The maximum Gasteiger partial charge on any atom is 0.253 e. The van der Waals surface area contributed by atoms with Crippen LogP contribution in [0.15, 0.2) is 18.2 Å². The summed E-state index contributed by atoms with van der Waals surface area (Å²) in [4.78, 5) is 19.2. The van der Waals surface area contributed by atoms with Crippen LogP contribution in [0.3, 0.4) is 0 Å². The Kier molecular flexibility index (Phi) is 3.81. The van der Waals surface area contributed by atoms with Crippen molar-refractivity contribution in [2.75, 3.05) is 13.1 Å². The molecule has 0 spiro atoms. The third kappa shape index (κ3) is 2.58. The van der Waals surface area contributed by atoms with Crippen molar-refractivity contribution in [3.8, 4) is 0 Å². The highest BCUT2D eigenvalue weighted by molar-refractivity contribution is 6.07. The fraction of sp³-hybridized carbons (Fsp3) is 0.571. The minimum atomic E-state index is 0.0987. The first-order chi connectivity index (χ1) is 12.3. The molecule has 2 unspecified atom stereocenters. The summed E-state index contributed by atoms with van der Waals surface area (Å²) < 4.78 is 0. The zero-order chi connectivity index (χ0) is 16.8. The van der Waals surface area contributed by atoms with E-state index in [4.69, 9.17) is 0 Å². The van der Waals surface area contributed by atoms with Gasteiger partial charge < -0.3 is 10.3 Å². The van der Waals surface area contributed by atoms with Gasteiger partial charge >= 0.3 is 0 Å². The maximum atomic E-state index is 13.1. The normalized spacial score (nSPS) is 26.4. The molecule has 2 N–H and O–H groups in total. The van der Waals surface area contributed by atoms with E-state index in [2.05, 4.69) is 21.3 Å². The van der Waals surface area contributed by atoms with E-state index in [0.29, 0.717) is 12.1 Å². The number of aromatic amines is 1. The van der Waals surface area contributed by atoms with Crippen molar-refractivity contribution in [3.63, 3.8) is 0 Å². The number of nitrogens with one attached hydrogen (secondary N) is 2. The van der Waals surface area contributed by atoms with Crippen molar-refractivity contribution in [3.05, 3.63) is 35.0 Å². The van der Waals surface area contributed by atoms with E-state index in [-0.39, 0.29) is 5.91 Å². The highest BCUT2D eigenvalue weighted by Crippen LogP contribution is 2.31. The summed E-state index contributed by atoms with van der Waals surface area (Å²) in [7, 11) is 0. The van der Waals surface area contributed by atoms with E-state index >= 15 is 0 Å². The van der Waals surface area contributed by atoms with E-state index in [1.807, 2.05) is 12.1 Å². The van der Waals surface area contributed by atoms with Crippen LogP contribution in [-0.4, -0.2) is 41.0 Å². The monoisotopic (exact) mass is 337 g/mol. The molecule has 0 bridgehead atoms.